The van der Waals surface area contributed by atoms with Crippen LogP contribution < -0.4 is 10.6 Å². The molecule has 0 radical (unpaired) electrons. The summed E-state index contributed by atoms with van der Waals surface area (Å²) < 4.78 is 38.4. The van der Waals surface area contributed by atoms with Gasteiger partial charge in [0.05, 0.1) is 5.92 Å². The van der Waals surface area contributed by atoms with Gasteiger partial charge in [0.2, 0.25) is 0 Å². The summed E-state index contributed by atoms with van der Waals surface area (Å²) in [6, 6.07) is -0.915. The molecule has 2 aliphatic rings. The van der Waals surface area contributed by atoms with Crippen LogP contribution in [-0.2, 0) is 0 Å². The lowest BCUT2D eigenvalue weighted by molar-refractivity contribution is -0.183. The molecule has 3 N–H and O–H groups in total. The number of amides is 2. The first-order valence-corrected chi connectivity index (χ1v) is 8.64. The van der Waals surface area contributed by atoms with E-state index < -0.39 is 24.2 Å². The molecule has 0 bridgehead atoms. The van der Waals surface area contributed by atoms with Gasteiger partial charge < -0.3 is 15.7 Å². The van der Waals surface area contributed by atoms with Gasteiger partial charge in [0, 0.05) is 24.6 Å². The van der Waals surface area contributed by atoms with Crippen LogP contribution in [0.2, 0.25) is 0 Å². The van der Waals surface area contributed by atoms with Crippen molar-refractivity contribution in [3.8, 4) is 0 Å². The molecule has 0 aromatic rings. The van der Waals surface area contributed by atoms with Crippen LogP contribution in [0.1, 0.15) is 57.8 Å². The first-order chi connectivity index (χ1) is 10.9. The Hall–Kier alpha value is -0.980. The molecule has 2 aliphatic carbocycles. The molecule has 0 spiro atoms. The van der Waals surface area contributed by atoms with E-state index in [4.69, 9.17) is 0 Å². The van der Waals surface area contributed by atoms with Crippen LogP contribution in [0.25, 0.3) is 0 Å². The number of carbonyl (C=O) groups excluding carboxylic acids is 1. The number of rotatable bonds is 3. The predicted octanol–water partition coefficient (Wildman–Crippen LogP) is 3.35. The Bertz CT molecular complexity index is 390. The van der Waals surface area contributed by atoms with Gasteiger partial charge in [-0.2, -0.15) is 13.2 Å². The van der Waals surface area contributed by atoms with Crippen molar-refractivity contribution < 1.29 is 23.1 Å². The first kappa shape index (κ1) is 18.4. The first-order valence-electron chi connectivity index (χ1n) is 8.64. The average molecular weight is 336 g/mol. The van der Waals surface area contributed by atoms with Crippen molar-refractivity contribution in [2.75, 3.05) is 6.61 Å². The molecule has 2 amide bonds. The van der Waals surface area contributed by atoms with Gasteiger partial charge in [-0.15, -0.1) is 0 Å². The fourth-order valence-corrected chi connectivity index (χ4v) is 3.81. The standard InChI is InChI=1S/C16H27F3N2O2/c17-16(18,19)12-6-4-7-13(9-12)20-15(23)21-14-8-3-1-2-5-11(14)10-22/h11-14,22H,1-10H2,(H2,20,21,23). The third kappa shape index (κ3) is 5.55. The molecule has 0 aromatic carbocycles. The number of halogens is 3. The van der Waals surface area contributed by atoms with E-state index in [1.807, 2.05) is 0 Å². The van der Waals surface area contributed by atoms with Gasteiger partial charge in [-0.3, -0.25) is 0 Å². The molecule has 2 rings (SSSR count). The van der Waals surface area contributed by atoms with Gasteiger partial charge in [0.15, 0.2) is 0 Å². The number of hydrogen-bond donors (Lipinski definition) is 3. The smallest absolute Gasteiger partial charge is 0.391 e. The predicted molar refractivity (Wildman–Crippen MR) is 80.9 cm³/mol. The van der Waals surface area contributed by atoms with Gasteiger partial charge >= 0.3 is 12.2 Å². The van der Waals surface area contributed by atoms with E-state index in [2.05, 4.69) is 10.6 Å². The summed E-state index contributed by atoms with van der Waals surface area (Å²) in [5.41, 5.74) is 0. The van der Waals surface area contributed by atoms with E-state index in [1.165, 1.54) is 0 Å². The molecule has 2 fully saturated rings. The maximum Gasteiger partial charge on any atom is 0.391 e. The summed E-state index contributed by atoms with van der Waals surface area (Å²) in [6.07, 6.45) is 1.83. The summed E-state index contributed by atoms with van der Waals surface area (Å²) in [7, 11) is 0. The minimum atomic E-state index is -4.18. The topological polar surface area (TPSA) is 61.4 Å². The SMILES string of the molecule is O=C(NC1CCCC(C(F)(F)F)C1)NC1CCCCCC1CO. The molecule has 0 aliphatic heterocycles. The summed E-state index contributed by atoms with van der Waals surface area (Å²) >= 11 is 0. The third-order valence-electron chi connectivity index (χ3n) is 5.18. The summed E-state index contributed by atoms with van der Waals surface area (Å²) in [5, 5.41) is 15.0. The van der Waals surface area contributed by atoms with Crippen molar-refractivity contribution in [3.05, 3.63) is 0 Å². The fourth-order valence-electron chi connectivity index (χ4n) is 3.81. The Morgan fingerprint density at radius 1 is 1.00 bits per heavy atom. The van der Waals surface area contributed by atoms with Crippen molar-refractivity contribution in [3.63, 3.8) is 0 Å². The lowest BCUT2D eigenvalue weighted by atomic mass is 9.85. The zero-order valence-electron chi connectivity index (χ0n) is 13.4. The average Bonchev–Trinajstić information content (AvgIpc) is 2.71. The molecule has 2 saturated carbocycles. The van der Waals surface area contributed by atoms with E-state index in [9.17, 15) is 23.1 Å². The highest BCUT2D eigenvalue weighted by atomic mass is 19.4. The fraction of sp³-hybridized carbons (Fsp3) is 0.938. The van der Waals surface area contributed by atoms with E-state index in [-0.39, 0.29) is 31.4 Å². The Kier molecular flexibility index (Phi) is 6.56. The molecule has 4 unspecified atom stereocenters. The number of hydrogen-bond acceptors (Lipinski definition) is 2. The second-order valence-electron chi connectivity index (χ2n) is 6.91. The lowest BCUT2D eigenvalue weighted by Crippen LogP contribution is -2.50. The van der Waals surface area contributed by atoms with Crippen LogP contribution in [-0.4, -0.2) is 36.0 Å². The van der Waals surface area contributed by atoms with E-state index in [0.29, 0.717) is 12.8 Å². The maximum atomic E-state index is 12.8. The van der Waals surface area contributed by atoms with Crippen LogP contribution in [0.3, 0.4) is 0 Å². The minimum absolute atomic E-state index is 0.0323. The van der Waals surface area contributed by atoms with Gasteiger partial charge in [0.1, 0.15) is 0 Å². The summed E-state index contributed by atoms with van der Waals surface area (Å²) in [5.74, 6) is -1.28. The largest absolute Gasteiger partial charge is 0.396 e. The third-order valence-corrected chi connectivity index (χ3v) is 5.18. The summed E-state index contributed by atoms with van der Waals surface area (Å²) in [4.78, 5) is 12.1. The van der Waals surface area contributed by atoms with Crippen molar-refractivity contribution in [2.45, 2.75) is 76.0 Å². The Balaban J connectivity index is 1.83. The molecular weight excluding hydrogens is 309 g/mol. The molecule has 0 heterocycles. The van der Waals surface area contributed by atoms with Crippen LogP contribution in [0, 0.1) is 11.8 Å². The zero-order valence-corrected chi connectivity index (χ0v) is 13.4. The van der Waals surface area contributed by atoms with Crippen LogP contribution in [0.4, 0.5) is 18.0 Å². The Morgan fingerprint density at radius 2 is 1.74 bits per heavy atom. The van der Waals surface area contributed by atoms with Crippen molar-refractivity contribution in [1.29, 1.82) is 0 Å². The highest BCUT2D eigenvalue weighted by molar-refractivity contribution is 5.74. The monoisotopic (exact) mass is 336 g/mol. The molecule has 134 valence electrons. The number of aliphatic hydroxyl groups is 1. The van der Waals surface area contributed by atoms with Crippen molar-refractivity contribution >= 4 is 6.03 Å². The van der Waals surface area contributed by atoms with Crippen LogP contribution in [0.5, 0.6) is 0 Å². The van der Waals surface area contributed by atoms with Crippen molar-refractivity contribution in [1.82, 2.24) is 10.6 Å². The van der Waals surface area contributed by atoms with E-state index >= 15 is 0 Å². The maximum absolute atomic E-state index is 12.8. The van der Waals surface area contributed by atoms with Gasteiger partial charge in [-0.05, 0) is 32.1 Å². The molecule has 0 saturated heterocycles. The van der Waals surface area contributed by atoms with Crippen molar-refractivity contribution in [2.24, 2.45) is 11.8 Å². The Morgan fingerprint density at radius 3 is 2.43 bits per heavy atom. The van der Waals surface area contributed by atoms with E-state index in [1.54, 1.807) is 0 Å². The van der Waals surface area contributed by atoms with E-state index in [0.717, 1.165) is 32.1 Å². The normalized spacial score (nSPS) is 32.9. The molecule has 4 atom stereocenters. The van der Waals surface area contributed by atoms with Gasteiger partial charge in [-0.1, -0.05) is 25.7 Å². The molecule has 23 heavy (non-hydrogen) atoms. The quantitative estimate of drug-likeness (QED) is 0.692. The zero-order chi connectivity index (χ0) is 16.9. The highest BCUT2D eigenvalue weighted by Crippen LogP contribution is 2.37. The van der Waals surface area contributed by atoms with Gasteiger partial charge in [0.25, 0.3) is 0 Å². The van der Waals surface area contributed by atoms with Gasteiger partial charge in [-0.25, -0.2) is 4.79 Å². The number of carbonyl (C=O) groups is 1. The number of urea groups is 1. The number of alkyl halides is 3. The molecule has 4 nitrogen and oxygen atoms in total. The number of aliphatic hydroxyl groups excluding tert-OH is 1. The lowest BCUT2D eigenvalue weighted by Gasteiger charge is -2.32. The highest BCUT2D eigenvalue weighted by Gasteiger charge is 2.42. The number of nitrogens with one attached hydrogen (secondary N) is 2. The summed E-state index contributed by atoms with van der Waals surface area (Å²) in [6.45, 7) is 0.0323. The molecular formula is C16H27F3N2O2. The molecule has 7 heteroatoms. The second-order valence-corrected chi connectivity index (χ2v) is 6.91. The Labute approximate surface area is 135 Å². The molecule has 0 aromatic heterocycles. The minimum Gasteiger partial charge on any atom is -0.396 e. The van der Waals surface area contributed by atoms with Crippen LogP contribution in [0.15, 0.2) is 0 Å². The van der Waals surface area contributed by atoms with Crippen LogP contribution >= 0.6 is 0 Å². The second kappa shape index (κ2) is 8.22.